The number of allylic oxidation sites excluding steroid dienone is 4. The van der Waals surface area contributed by atoms with Crippen LogP contribution in [0.4, 0.5) is 5.69 Å². The van der Waals surface area contributed by atoms with E-state index in [1.54, 1.807) is 20.2 Å². The summed E-state index contributed by atoms with van der Waals surface area (Å²) in [7, 11) is 5.22. The number of benzene rings is 2. The molecule has 0 aromatic heterocycles. The Morgan fingerprint density at radius 2 is 1.78 bits per heavy atom. The molecular formula is C56H76N4O7. The van der Waals surface area contributed by atoms with Crippen molar-refractivity contribution < 1.29 is 34.3 Å². The average molecular weight is 917 g/mol. The van der Waals surface area contributed by atoms with E-state index in [1.165, 1.54) is 0 Å². The maximum Gasteiger partial charge on any atom is 0.207 e. The van der Waals surface area contributed by atoms with Gasteiger partial charge in [-0.15, -0.1) is 0 Å². The number of nitrogens with zero attached hydrogens (tertiary/aromatic N) is 1. The zero-order valence-corrected chi connectivity index (χ0v) is 40.5. The molecule has 2 aromatic carbocycles. The van der Waals surface area contributed by atoms with Gasteiger partial charge in [0.2, 0.25) is 5.96 Å². The highest BCUT2D eigenvalue weighted by Gasteiger charge is 2.57. The number of rotatable bonds is 12. The van der Waals surface area contributed by atoms with Gasteiger partial charge in [0.1, 0.15) is 5.60 Å². The van der Waals surface area contributed by atoms with Gasteiger partial charge in [0, 0.05) is 43.3 Å². The first kappa shape index (κ1) is 47.6. The van der Waals surface area contributed by atoms with Crippen molar-refractivity contribution in [2.24, 2.45) is 51.8 Å². The second-order valence-corrected chi connectivity index (χ2v) is 21.5. The summed E-state index contributed by atoms with van der Waals surface area (Å²) in [6, 6.07) is 12.9. The van der Waals surface area contributed by atoms with Crippen LogP contribution in [0, 0.1) is 58.8 Å². The Bertz CT molecular complexity index is 2260. The van der Waals surface area contributed by atoms with Crippen LogP contribution in [-0.2, 0) is 21.4 Å². The number of phenols is 2. The van der Waals surface area contributed by atoms with Crippen molar-refractivity contribution in [1.29, 1.82) is 0 Å². The van der Waals surface area contributed by atoms with Crippen molar-refractivity contribution in [2.75, 3.05) is 33.1 Å². The first-order chi connectivity index (χ1) is 32.5. The summed E-state index contributed by atoms with van der Waals surface area (Å²) in [5.41, 5.74) is 0.990. The molecule has 7 aliphatic rings. The number of ketones is 1. The summed E-state index contributed by atoms with van der Waals surface area (Å²) in [6.45, 7) is 2.88. The number of fused-ring (bicyclic) bond motifs is 5. The summed E-state index contributed by atoms with van der Waals surface area (Å²) in [4.78, 5) is 20.0. The summed E-state index contributed by atoms with van der Waals surface area (Å²) in [5, 5.41) is 44.1. The standard InChI is InChI=1S/C56H76N4O7/c1-5-36-16-18-39-30-41-12-9-24-56(41)42-31-46(52(64)49(32-42)67-54(35-57-2)25-22-38(33-54)29-51(63)66-43-14-6-7-15-43)60-53(58-3)59-26-10-13-40-11-8-23-55(40,50(62)21-19-45(56)44(39)27-36)34-37-17-20-47(61)48(28-37)65-4/h16-21,28,31-32,36,38-41,43-45,51,57,61,63-64H,5-9,11-15,22-25,27,29-30,33-35H2,1-4H3,(H2,58,59,60). The fourth-order valence-electron chi connectivity index (χ4n) is 14.5. The maximum atomic E-state index is 15.5. The molecule has 9 rings (SSSR count). The number of nitrogens with one attached hydrogen (secondary N) is 3. The van der Waals surface area contributed by atoms with E-state index in [9.17, 15) is 15.3 Å². The smallest absolute Gasteiger partial charge is 0.207 e. The molecule has 5 fully saturated rings. The van der Waals surface area contributed by atoms with Crippen LogP contribution < -0.4 is 25.4 Å². The molecule has 0 radical (unpaired) electrons. The molecule has 6 N–H and O–H groups in total. The molecule has 2 bridgehead atoms. The lowest BCUT2D eigenvalue weighted by atomic mass is 9.50. The van der Waals surface area contributed by atoms with Crippen LogP contribution in [0.5, 0.6) is 23.0 Å². The SMILES string of the molecule is CCC1C=CC2CC3CCCC34c3cc(c(O)c(OC5(CNC)CCC(CC(O)OC6CCCC6)C5)c3)NC(=NC)NC#CCC3CCCC3(Cc3ccc(O)c(OC)c3)C(=O)C=CC4C2C1. The van der Waals surface area contributed by atoms with E-state index < -0.39 is 17.3 Å². The number of aliphatic imine (C=N–C) groups is 1. The number of carbonyl (C=O) groups excluding carboxylic acids is 1. The zero-order chi connectivity index (χ0) is 46.8. The molecule has 6 aliphatic carbocycles. The molecule has 0 saturated heterocycles. The summed E-state index contributed by atoms with van der Waals surface area (Å²) in [6.07, 6.45) is 25.9. The van der Waals surface area contributed by atoms with E-state index >= 15 is 4.79 Å². The molecule has 0 amide bonds. The molecule has 11 nitrogen and oxygen atoms in total. The number of guanidine groups is 1. The predicted molar refractivity (Wildman–Crippen MR) is 263 cm³/mol. The summed E-state index contributed by atoms with van der Waals surface area (Å²) >= 11 is 0. The highest BCUT2D eigenvalue weighted by atomic mass is 16.6. The van der Waals surface area contributed by atoms with Crippen molar-refractivity contribution in [3.05, 3.63) is 65.8 Å². The lowest BCUT2D eigenvalue weighted by molar-refractivity contribution is -0.143. The van der Waals surface area contributed by atoms with E-state index in [-0.39, 0.29) is 46.6 Å². The number of likely N-dealkylation sites (N-methyl/N-ethyl adjacent to an activating group) is 1. The lowest BCUT2D eigenvalue weighted by Crippen LogP contribution is -2.50. The third kappa shape index (κ3) is 9.49. The highest BCUT2D eigenvalue weighted by molar-refractivity contribution is 5.97. The van der Waals surface area contributed by atoms with Crippen LogP contribution in [-0.4, -0.2) is 72.8 Å². The predicted octanol–water partition coefficient (Wildman–Crippen LogP) is 9.69. The minimum Gasteiger partial charge on any atom is -0.504 e. The van der Waals surface area contributed by atoms with Gasteiger partial charge in [-0.25, -0.2) is 0 Å². The fraction of sp³-hybridized carbons (Fsp3) is 0.643. The van der Waals surface area contributed by atoms with E-state index in [4.69, 9.17) is 14.2 Å². The Hall–Kier alpha value is -4.50. The number of aliphatic hydroxyl groups excluding tert-OH is 1. The highest BCUT2D eigenvalue weighted by Crippen LogP contribution is 2.64. The van der Waals surface area contributed by atoms with Crippen LogP contribution in [0.25, 0.3) is 0 Å². The molecule has 1 heterocycles. The van der Waals surface area contributed by atoms with E-state index in [0.29, 0.717) is 72.6 Å². The van der Waals surface area contributed by atoms with Gasteiger partial charge in [-0.3, -0.25) is 15.1 Å². The van der Waals surface area contributed by atoms with Crippen molar-refractivity contribution in [2.45, 2.75) is 152 Å². The second-order valence-electron chi connectivity index (χ2n) is 21.5. The van der Waals surface area contributed by atoms with Crippen molar-refractivity contribution in [1.82, 2.24) is 10.6 Å². The Balaban J connectivity index is 1.14. The Morgan fingerprint density at radius 1 is 0.955 bits per heavy atom. The zero-order valence-electron chi connectivity index (χ0n) is 40.5. The Morgan fingerprint density at radius 3 is 2.57 bits per heavy atom. The van der Waals surface area contributed by atoms with E-state index in [0.717, 1.165) is 114 Å². The number of carbonyl (C=O) groups is 1. The van der Waals surface area contributed by atoms with Gasteiger partial charge in [-0.2, -0.15) is 0 Å². The molecular weight excluding hydrogens is 841 g/mol. The molecule has 11 heteroatoms. The molecule has 362 valence electrons. The normalized spacial score (nSPS) is 34.9. The fourth-order valence-corrected chi connectivity index (χ4v) is 14.5. The molecule has 67 heavy (non-hydrogen) atoms. The third-order valence-corrected chi connectivity index (χ3v) is 17.8. The van der Waals surface area contributed by atoms with E-state index in [1.807, 2.05) is 25.3 Å². The average Bonchev–Trinajstić information content (AvgIpc) is 4.16. The molecule has 1 spiro atoms. The number of hydrogen-bond donors (Lipinski definition) is 6. The summed E-state index contributed by atoms with van der Waals surface area (Å²) < 4.78 is 18.9. The number of aromatic hydroxyl groups is 2. The molecule has 11 atom stereocenters. The van der Waals surface area contributed by atoms with Crippen LogP contribution >= 0.6 is 0 Å². The van der Waals surface area contributed by atoms with Gasteiger partial charge >= 0.3 is 0 Å². The molecule has 2 aromatic rings. The van der Waals surface area contributed by atoms with Crippen LogP contribution in [0.3, 0.4) is 0 Å². The van der Waals surface area contributed by atoms with Crippen molar-refractivity contribution in [3.63, 3.8) is 0 Å². The topological polar surface area (TPSA) is 154 Å². The van der Waals surface area contributed by atoms with Gasteiger partial charge in [0.15, 0.2) is 35.1 Å². The van der Waals surface area contributed by atoms with Gasteiger partial charge in [-0.05, 0) is 173 Å². The lowest BCUT2D eigenvalue weighted by Gasteiger charge is -2.54. The van der Waals surface area contributed by atoms with Crippen LogP contribution in [0.2, 0.25) is 0 Å². The molecule has 11 unspecified atom stereocenters. The monoisotopic (exact) mass is 917 g/mol. The second kappa shape index (κ2) is 20.2. The van der Waals surface area contributed by atoms with Gasteiger partial charge in [-0.1, -0.05) is 62.8 Å². The minimum absolute atomic E-state index is 0.0238. The van der Waals surface area contributed by atoms with Crippen molar-refractivity contribution in [3.8, 4) is 35.0 Å². The van der Waals surface area contributed by atoms with Gasteiger partial charge < -0.3 is 40.2 Å². The Kier molecular flexibility index (Phi) is 14.4. The molecule has 1 aliphatic heterocycles. The van der Waals surface area contributed by atoms with Crippen LogP contribution in [0.1, 0.15) is 134 Å². The number of ether oxygens (including phenoxy) is 3. The largest absolute Gasteiger partial charge is 0.504 e. The Labute approximate surface area is 399 Å². The number of aliphatic hydroxyl groups is 1. The summed E-state index contributed by atoms with van der Waals surface area (Å²) in [5.74, 6) is 6.77. The quantitative estimate of drug-likeness (QED) is 0.0525. The van der Waals surface area contributed by atoms with E-state index in [2.05, 4.69) is 70.2 Å². The minimum atomic E-state index is -0.799. The first-order valence-corrected chi connectivity index (χ1v) is 25.8. The first-order valence-electron chi connectivity index (χ1n) is 25.8. The number of methoxy groups -OCH3 is 1. The van der Waals surface area contributed by atoms with Crippen LogP contribution in [0.15, 0.2) is 59.6 Å². The van der Waals surface area contributed by atoms with Gasteiger partial charge in [0.25, 0.3) is 0 Å². The number of anilines is 1. The van der Waals surface area contributed by atoms with Crippen molar-refractivity contribution >= 4 is 17.4 Å². The number of hydrogen-bond acceptors (Lipinski definition) is 9. The third-order valence-electron chi connectivity index (χ3n) is 17.8. The number of phenolic OH excluding ortho intramolecular Hbond substituents is 2. The molecule has 5 saturated carbocycles. The maximum absolute atomic E-state index is 15.5. The van der Waals surface area contributed by atoms with Gasteiger partial charge in [0.05, 0.1) is 18.9 Å².